The van der Waals surface area contributed by atoms with Crippen molar-refractivity contribution in [3.05, 3.63) is 46.4 Å². The standard InChI is InChI=1S/C11H3F5N4O/c12-5-4(6(13)8(15)9(16)7(5)14)11(21)19-10-3(1-17)2-18-20-10/h2H,(H2,18,19,20,21). The van der Waals surface area contributed by atoms with Gasteiger partial charge in [-0.1, -0.05) is 0 Å². The van der Waals surface area contributed by atoms with E-state index in [0.717, 1.165) is 6.20 Å². The topological polar surface area (TPSA) is 81.6 Å². The van der Waals surface area contributed by atoms with Gasteiger partial charge in [0.05, 0.1) is 6.20 Å². The number of nitrogens with zero attached hydrogens (tertiary/aromatic N) is 2. The van der Waals surface area contributed by atoms with E-state index in [9.17, 15) is 26.7 Å². The number of carbonyl (C=O) groups excluding carboxylic acids is 1. The van der Waals surface area contributed by atoms with E-state index in [-0.39, 0.29) is 11.4 Å². The van der Waals surface area contributed by atoms with Crippen molar-refractivity contribution in [1.29, 1.82) is 5.26 Å². The fourth-order valence-corrected chi connectivity index (χ4v) is 1.45. The molecule has 5 nitrogen and oxygen atoms in total. The van der Waals surface area contributed by atoms with Crippen molar-refractivity contribution in [2.24, 2.45) is 0 Å². The quantitative estimate of drug-likeness (QED) is 0.507. The fraction of sp³-hybridized carbons (Fsp3) is 0. The molecular formula is C11H3F5N4O. The number of nitrogens with one attached hydrogen (secondary N) is 2. The molecule has 0 aliphatic rings. The number of H-pyrrole nitrogens is 1. The highest BCUT2D eigenvalue weighted by molar-refractivity contribution is 6.04. The lowest BCUT2D eigenvalue weighted by molar-refractivity contribution is 0.101. The zero-order chi connectivity index (χ0) is 15.7. The van der Waals surface area contributed by atoms with Gasteiger partial charge in [0.2, 0.25) is 5.82 Å². The van der Waals surface area contributed by atoms with Crippen molar-refractivity contribution in [3.8, 4) is 6.07 Å². The molecule has 1 amide bonds. The summed E-state index contributed by atoms with van der Waals surface area (Å²) in [7, 11) is 0. The minimum absolute atomic E-state index is 0.188. The molecule has 1 aromatic carbocycles. The molecule has 1 heterocycles. The molecule has 0 aliphatic carbocycles. The molecule has 2 rings (SSSR count). The maximum atomic E-state index is 13.4. The molecule has 108 valence electrons. The van der Waals surface area contributed by atoms with Crippen LogP contribution in [0.5, 0.6) is 0 Å². The summed E-state index contributed by atoms with van der Waals surface area (Å²) in [6, 6.07) is 1.59. The van der Waals surface area contributed by atoms with Crippen LogP contribution in [-0.2, 0) is 0 Å². The number of rotatable bonds is 2. The molecule has 21 heavy (non-hydrogen) atoms. The summed E-state index contributed by atoms with van der Waals surface area (Å²) < 4.78 is 65.6. The van der Waals surface area contributed by atoms with Gasteiger partial charge in [-0.3, -0.25) is 9.89 Å². The van der Waals surface area contributed by atoms with Gasteiger partial charge in [-0.25, -0.2) is 22.0 Å². The summed E-state index contributed by atoms with van der Waals surface area (Å²) in [6.07, 6.45) is 0.994. The molecule has 0 bridgehead atoms. The monoisotopic (exact) mass is 302 g/mol. The van der Waals surface area contributed by atoms with Crippen molar-refractivity contribution in [2.45, 2.75) is 0 Å². The fourth-order valence-electron chi connectivity index (χ4n) is 1.45. The number of anilines is 1. The van der Waals surface area contributed by atoms with Gasteiger partial charge in [0.1, 0.15) is 23.0 Å². The third-order valence-corrected chi connectivity index (χ3v) is 2.44. The number of amides is 1. The molecular weight excluding hydrogens is 299 g/mol. The molecule has 0 radical (unpaired) electrons. The van der Waals surface area contributed by atoms with E-state index in [1.807, 2.05) is 0 Å². The number of halogens is 5. The normalized spacial score (nSPS) is 10.3. The van der Waals surface area contributed by atoms with Crippen LogP contribution < -0.4 is 5.32 Å². The molecule has 2 N–H and O–H groups in total. The molecule has 0 unspecified atom stereocenters. The first-order valence-electron chi connectivity index (χ1n) is 5.14. The Hall–Kier alpha value is -2.96. The first-order valence-corrected chi connectivity index (χ1v) is 5.14. The van der Waals surface area contributed by atoms with Crippen molar-refractivity contribution < 1.29 is 26.7 Å². The van der Waals surface area contributed by atoms with Crippen molar-refractivity contribution in [2.75, 3.05) is 5.32 Å². The smallest absolute Gasteiger partial charge is 0.263 e. The van der Waals surface area contributed by atoms with Crippen LogP contribution in [0.25, 0.3) is 0 Å². The zero-order valence-electron chi connectivity index (χ0n) is 9.77. The third-order valence-electron chi connectivity index (χ3n) is 2.44. The molecule has 0 fully saturated rings. The van der Waals surface area contributed by atoms with Crippen LogP contribution in [0.15, 0.2) is 6.20 Å². The summed E-state index contributed by atoms with van der Waals surface area (Å²) in [5.74, 6) is -13.4. The second kappa shape index (κ2) is 5.20. The average molecular weight is 302 g/mol. The van der Waals surface area contributed by atoms with Crippen LogP contribution in [0, 0.1) is 40.4 Å². The van der Waals surface area contributed by atoms with E-state index in [1.165, 1.54) is 0 Å². The lowest BCUT2D eigenvalue weighted by atomic mass is 10.1. The van der Waals surface area contributed by atoms with Crippen LogP contribution in [-0.4, -0.2) is 16.1 Å². The minimum atomic E-state index is -2.37. The Morgan fingerprint density at radius 1 is 1.10 bits per heavy atom. The number of hydrogen-bond acceptors (Lipinski definition) is 3. The maximum Gasteiger partial charge on any atom is 0.263 e. The van der Waals surface area contributed by atoms with Crippen LogP contribution in [0.2, 0.25) is 0 Å². The zero-order valence-corrected chi connectivity index (χ0v) is 9.77. The largest absolute Gasteiger partial charge is 0.306 e. The Kier molecular flexibility index (Phi) is 3.58. The van der Waals surface area contributed by atoms with E-state index < -0.39 is 40.6 Å². The van der Waals surface area contributed by atoms with Gasteiger partial charge in [0, 0.05) is 0 Å². The summed E-state index contributed by atoms with van der Waals surface area (Å²) in [4.78, 5) is 11.6. The Bertz CT molecular complexity index is 751. The molecule has 0 atom stereocenters. The van der Waals surface area contributed by atoms with Gasteiger partial charge >= 0.3 is 0 Å². The summed E-state index contributed by atoms with van der Waals surface area (Å²) in [5, 5.41) is 15.9. The predicted octanol–water partition coefficient (Wildman–Crippen LogP) is 2.23. The Balaban J connectivity index is 2.48. The summed E-state index contributed by atoms with van der Waals surface area (Å²) in [5.41, 5.74) is -1.85. The number of aromatic amines is 1. The Morgan fingerprint density at radius 2 is 1.62 bits per heavy atom. The SMILES string of the molecule is N#Cc1cn[nH]c1NC(=O)c1c(F)c(F)c(F)c(F)c1F. The molecule has 10 heteroatoms. The van der Waals surface area contributed by atoms with Gasteiger partial charge in [-0.05, 0) is 0 Å². The van der Waals surface area contributed by atoms with Gasteiger partial charge in [-0.15, -0.1) is 0 Å². The van der Waals surface area contributed by atoms with Crippen LogP contribution in [0.4, 0.5) is 27.8 Å². The van der Waals surface area contributed by atoms with Crippen molar-refractivity contribution in [1.82, 2.24) is 10.2 Å². The van der Waals surface area contributed by atoms with E-state index in [4.69, 9.17) is 5.26 Å². The highest BCUT2D eigenvalue weighted by Crippen LogP contribution is 2.24. The first kappa shape index (κ1) is 14.4. The second-order valence-electron chi connectivity index (χ2n) is 3.67. The average Bonchev–Trinajstić information content (AvgIpc) is 2.90. The highest BCUT2D eigenvalue weighted by atomic mass is 19.2. The van der Waals surface area contributed by atoms with Crippen LogP contribution >= 0.6 is 0 Å². The number of aromatic nitrogens is 2. The van der Waals surface area contributed by atoms with Crippen LogP contribution in [0.3, 0.4) is 0 Å². The number of hydrogen-bond donors (Lipinski definition) is 2. The molecule has 0 spiro atoms. The van der Waals surface area contributed by atoms with E-state index >= 15 is 0 Å². The van der Waals surface area contributed by atoms with E-state index in [2.05, 4.69) is 10.2 Å². The lowest BCUT2D eigenvalue weighted by Gasteiger charge is -2.08. The summed E-state index contributed by atoms with van der Waals surface area (Å²) in [6.45, 7) is 0. The second-order valence-corrected chi connectivity index (χ2v) is 3.67. The van der Waals surface area contributed by atoms with E-state index in [0.29, 0.717) is 0 Å². The summed E-state index contributed by atoms with van der Waals surface area (Å²) >= 11 is 0. The number of carbonyl (C=O) groups is 1. The highest BCUT2D eigenvalue weighted by Gasteiger charge is 2.30. The van der Waals surface area contributed by atoms with Crippen molar-refractivity contribution >= 4 is 11.7 Å². The molecule has 1 aromatic heterocycles. The third kappa shape index (κ3) is 2.29. The number of nitriles is 1. The molecule has 2 aromatic rings. The van der Waals surface area contributed by atoms with Gasteiger partial charge in [0.15, 0.2) is 23.3 Å². The minimum Gasteiger partial charge on any atom is -0.306 e. The molecule has 0 saturated carbocycles. The maximum absolute atomic E-state index is 13.4. The van der Waals surface area contributed by atoms with E-state index in [1.54, 1.807) is 11.4 Å². The first-order chi connectivity index (χ1) is 9.88. The Morgan fingerprint density at radius 3 is 2.14 bits per heavy atom. The van der Waals surface area contributed by atoms with Crippen LogP contribution in [0.1, 0.15) is 15.9 Å². The van der Waals surface area contributed by atoms with Gasteiger partial charge in [-0.2, -0.15) is 10.4 Å². The molecule has 0 saturated heterocycles. The van der Waals surface area contributed by atoms with Gasteiger partial charge < -0.3 is 5.32 Å². The van der Waals surface area contributed by atoms with Crippen molar-refractivity contribution in [3.63, 3.8) is 0 Å². The number of benzene rings is 1. The predicted molar refractivity (Wildman–Crippen MR) is 57.5 cm³/mol. The lowest BCUT2D eigenvalue weighted by Crippen LogP contribution is -2.20. The molecule has 0 aliphatic heterocycles. The van der Waals surface area contributed by atoms with Gasteiger partial charge in [0.25, 0.3) is 5.91 Å². The Labute approximate surface area is 113 Å².